The largest absolute Gasteiger partial charge is 0.392 e. The number of nitrogens with one attached hydrogen (secondary N) is 1. The van der Waals surface area contributed by atoms with E-state index in [-0.39, 0.29) is 17.7 Å². The number of ether oxygens (including phenoxy) is 1. The highest BCUT2D eigenvalue weighted by molar-refractivity contribution is 5.06. The van der Waals surface area contributed by atoms with Crippen LogP contribution in [0.2, 0.25) is 0 Å². The Hall–Kier alpha value is -0.980. The number of hydrogen-bond acceptors (Lipinski definition) is 6. The molecule has 2 aliphatic rings. The Balaban J connectivity index is 1.80. The van der Waals surface area contributed by atoms with Crippen molar-refractivity contribution >= 4 is 0 Å². The van der Waals surface area contributed by atoms with Gasteiger partial charge in [0.25, 0.3) is 0 Å². The van der Waals surface area contributed by atoms with E-state index in [1.807, 2.05) is 0 Å². The zero-order chi connectivity index (χ0) is 12.6. The van der Waals surface area contributed by atoms with Crippen molar-refractivity contribution in [2.75, 3.05) is 13.7 Å². The second-order valence-corrected chi connectivity index (χ2v) is 5.21. The van der Waals surface area contributed by atoms with Gasteiger partial charge in [0.2, 0.25) is 11.7 Å². The number of aliphatic hydroxyl groups is 1. The van der Waals surface area contributed by atoms with Crippen molar-refractivity contribution in [2.24, 2.45) is 0 Å². The first-order valence-corrected chi connectivity index (χ1v) is 6.54. The molecule has 1 aromatic heterocycles. The van der Waals surface area contributed by atoms with Crippen molar-refractivity contribution in [1.29, 1.82) is 0 Å². The van der Waals surface area contributed by atoms with E-state index < -0.39 is 0 Å². The van der Waals surface area contributed by atoms with E-state index >= 15 is 0 Å². The van der Waals surface area contributed by atoms with Crippen LogP contribution in [-0.4, -0.2) is 35.0 Å². The first-order valence-electron chi connectivity index (χ1n) is 6.54. The summed E-state index contributed by atoms with van der Waals surface area (Å²) >= 11 is 0. The summed E-state index contributed by atoms with van der Waals surface area (Å²) in [4.78, 5) is 4.48. The van der Waals surface area contributed by atoms with E-state index in [0.717, 1.165) is 25.7 Å². The standard InChI is InChI=1S/C12H19N3O3/c1-17-12(4-2-3-5-12)11-14-10(18-15-11)9-6-8(16)7-13-9/h8-9,13,16H,2-7H2,1H3. The normalized spacial score (nSPS) is 31.0. The van der Waals surface area contributed by atoms with Crippen LogP contribution in [-0.2, 0) is 10.3 Å². The van der Waals surface area contributed by atoms with Crippen molar-refractivity contribution < 1.29 is 14.4 Å². The fourth-order valence-electron chi connectivity index (χ4n) is 2.93. The average molecular weight is 253 g/mol. The van der Waals surface area contributed by atoms with Gasteiger partial charge in [-0.25, -0.2) is 0 Å². The summed E-state index contributed by atoms with van der Waals surface area (Å²) in [5.74, 6) is 1.21. The molecular formula is C12H19N3O3. The predicted molar refractivity (Wildman–Crippen MR) is 62.8 cm³/mol. The monoisotopic (exact) mass is 253 g/mol. The van der Waals surface area contributed by atoms with Gasteiger partial charge in [0.15, 0.2) is 0 Å². The van der Waals surface area contributed by atoms with Crippen molar-refractivity contribution in [2.45, 2.75) is 49.9 Å². The van der Waals surface area contributed by atoms with Gasteiger partial charge in [0.1, 0.15) is 5.60 Å². The third kappa shape index (κ3) is 1.94. The molecular weight excluding hydrogens is 234 g/mol. The van der Waals surface area contributed by atoms with E-state index in [2.05, 4.69) is 15.5 Å². The molecule has 18 heavy (non-hydrogen) atoms. The average Bonchev–Trinajstić information content (AvgIpc) is 3.08. The lowest BCUT2D eigenvalue weighted by Crippen LogP contribution is -2.26. The van der Waals surface area contributed by atoms with Crippen molar-refractivity contribution in [3.63, 3.8) is 0 Å². The Labute approximate surface area is 106 Å². The van der Waals surface area contributed by atoms with Gasteiger partial charge in [0.05, 0.1) is 12.1 Å². The Morgan fingerprint density at radius 3 is 2.83 bits per heavy atom. The van der Waals surface area contributed by atoms with Crippen molar-refractivity contribution in [3.8, 4) is 0 Å². The molecule has 2 heterocycles. The van der Waals surface area contributed by atoms with E-state index in [1.165, 1.54) is 0 Å². The second-order valence-electron chi connectivity index (χ2n) is 5.21. The maximum absolute atomic E-state index is 9.50. The van der Waals surface area contributed by atoms with E-state index in [0.29, 0.717) is 24.7 Å². The number of aliphatic hydroxyl groups excluding tert-OH is 1. The number of methoxy groups -OCH3 is 1. The molecule has 1 saturated carbocycles. The number of rotatable bonds is 3. The van der Waals surface area contributed by atoms with Gasteiger partial charge in [0, 0.05) is 13.7 Å². The third-order valence-corrected chi connectivity index (χ3v) is 4.06. The third-order valence-electron chi connectivity index (χ3n) is 4.06. The SMILES string of the molecule is COC1(c2noc(C3CC(O)CN3)n2)CCCC1. The molecule has 2 N–H and O–H groups in total. The number of nitrogens with zero attached hydrogens (tertiary/aromatic N) is 2. The molecule has 1 aliphatic carbocycles. The molecule has 3 rings (SSSR count). The minimum atomic E-state index is -0.362. The summed E-state index contributed by atoms with van der Waals surface area (Å²) in [6.45, 7) is 0.581. The van der Waals surface area contributed by atoms with E-state index in [4.69, 9.17) is 9.26 Å². The Morgan fingerprint density at radius 2 is 2.22 bits per heavy atom. The Morgan fingerprint density at radius 1 is 1.44 bits per heavy atom. The lowest BCUT2D eigenvalue weighted by Gasteiger charge is -2.22. The van der Waals surface area contributed by atoms with Crippen LogP contribution in [0.25, 0.3) is 0 Å². The maximum Gasteiger partial charge on any atom is 0.243 e. The molecule has 6 heteroatoms. The summed E-state index contributed by atoms with van der Waals surface area (Å²) in [7, 11) is 1.71. The summed E-state index contributed by atoms with van der Waals surface area (Å²) in [5.41, 5.74) is -0.362. The van der Waals surface area contributed by atoms with Gasteiger partial charge in [-0.1, -0.05) is 5.16 Å². The molecule has 2 atom stereocenters. The van der Waals surface area contributed by atoms with Crippen LogP contribution in [0.5, 0.6) is 0 Å². The highest BCUT2D eigenvalue weighted by Gasteiger charge is 2.41. The van der Waals surface area contributed by atoms with Gasteiger partial charge in [-0.05, 0) is 32.1 Å². The first-order chi connectivity index (χ1) is 8.73. The van der Waals surface area contributed by atoms with Crippen LogP contribution < -0.4 is 5.32 Å². The lowest BCUT2D eigenvalue weighted by atomic mass is 10.0. The smallest absolute Gasteiger partial charge is 0.243 e. The van der Waals surface area contributed by atoms with Gasteiger partial charge in [-0.3, -0.25) is 0 Å². The number of β-amino-alcohol motifs (C(OH)–C–C–N with tert-alkyl or cyclic N) is 1. The molecule has 100 valence electrons. The molecule has 1 aromatic rings. The van der Waals surface area contributed by atoms with Crippen LogP contribution in [0.3, 0.4) is 0 Å². The second kappa shape index (κ2) is 4.60. The molecule has 0 bridgehead atoms. The van der Waals surface area contributed by atoms with Crippen molar-refractivity contribution in [1.82, 2.24) is 15.5 Å². The quantitative estimate of drug-likeness (QED) is 0.832. The molecule has 6 nitrogen and oxygen atoms in total. The van der Waals surface area contributed by atoms with Crippen LogP contribution >= 0.6 is 0 Å². The summed E-state index contributed by atoms with van der Waals surface area (Å²) in [5, 5.41) is 16.7. The summed E-state index contributed by atoms with van der Waals surface area (Å²) in [6.07, 6.45) is 4.47. The van der Waals surface area contributed by atoms with Crippen LogP contribution in [0.4, 0.5) is 0 Å². The topological polar surface area (TPSA) is 80.4 Å². The van der Waals surface area contributed by atoms with Gasteiger partial charge < -0.3 is 19.7 Å². The molecule has 0 amide bonds. The molecule has 2 unspecified atom stereocenters. The fraction of sp³-hybridized carbons (Fsp3) is 0.833. The lowest BCUT2D eigenvalue weighted by molar-refractivity contribution is -0.0178. The van der Waals surface area contributed by atoms with Gasteiger partial charge in [-0.15, -0.1) is 0 Å². The molecule has 2 fully saturated rings. The highest BCUT2D eigenvalue weighted by Crippen LogP contribution is 2.40. The Bertz CT molecular complexity index is 414. The zero-order valence-corrected chi connectivity index (χ0v) is 10.6. The van der Waals surface area contributed by atoms with Gasteiger partial charge >= 0.3 is 0 Å². The summed E-state index contributed by atoms with van der Waals surface area (Å²) in [6, 6.07) is -0.0310. The zero-order valence-electron chi connectivity index (χ0n) is 10.6. The van der Waals surface area contributed by atoms with Crippen LogP contribution in [0.15, 0.2) is 4.52 Å². The van der Waals surface area contributed by atoms with E-state index in [9.17, 15) is 5.11 Å². The minimum absolute atomic E-state index is 0.0310. The highest BCUT2D eigenvalue weighted by atomic mass is 16.5. The number of aromatic nitrogens is 2. The minimum Gasteiger partial charge on any atom is -0.392 e. The van der Waals surface area contributed by atoms with Gasteiger partial charge in [-0.2, -0.15) is 4.98 Å². The Kier molecular flexibility index (Phi) is 3.09. The molecule has 0 radical (unpaired) electrons. The van der Waals surface area contributed by atoms with Crippen LogP contribution in [0.1, 0.15) is 49.9 Å². The first kappa shape index (κ1) is 12.1. The maximum atomic E-state index is 9.50. The fourth-order valence-corrected chi connectivity index (χ4v) is 2.93. The van der Waals surface area contributed by atoms with Crippen LogP contribution in [0, 0.1) is 0 Å². The van der Waals surface area contributed by atoms with Crippen molar-refractivity contribution in [3.05, 3.63) is 11.7 Å². The summed E-state index contributed by atoms with van der Waals surface area (Å²) < 4.78 is 10.9. The molecule has 0 spiro atoms. The number of hydrogen-bond donors (Lipinski definition) is 2. The van der Waals surface area contributed by atoms with E-state index in [1.54, 1.807) is 7.11 Å². The molecule has 1 aliphatic heterocycles. The molecule has 1 saturated heterocycles. The predicted octanol–water partition coefficient (Wildman–Crippen LogP) is 0.881. The molecule has 0 aromatic carbocycles.